The molecule has 0 spiro atoms. The van der Waals surface area contributed by atoms with Crippen LogP contribution in [0.25, 0.3) is 11.1 Å². The highest BCUT2D eigenvalue weighted by atomic mass is 14.1. The third-order valence-electron chi connectivity index (χ3n) is 3.48. The van der Waals surface area contributed by atoms with Crippen molar-refractivity contribution >= 4 is 0 Å². The fourth-order valence-corrected chi connectivity index (χ4v) is 2.41. The second-order valence-corrected chi connectivity index (χ2v) is 5.30. The Bertz CT molecular complexity index is 535. The van der Waals surface area contributed by atoms with Crippen LogP contribution in [0, 0.1) is 6.92 Å². The lowest BCUT2D eigenvalue weighted by atomic mass is 9.92. The van der Waals surface area contributed by atoms with Gasteiger partial charge >= 0.3 is 0 Å². The van der Waals surface area contributed by atoms with Gasteiger partial charge in [-0.2, -0.15) is 0 Å². The van der Waals surface area contributed by atoms with Crippen molar-refractivity contribution in [3.05, 3.63) is 59.2 Å². The molecule has 0 aliphatic carbocycles. The molecule has 0 unspecified atom stereocenters. The number of hydrogen-bond acceptors (Lipinski definition) is 0. The molecule has 0 radical (unpaired) electrons. The predicted molar refractivity (Wildman–Crippen MR) is 80.1 cm³/mol. The summed E-state index contributed by atoms with van der Waals surface area (Å²) in [6, 6.07) is 15.6. The highest BCUT2D eigenvalue weighted by Gasteiger charge is 2.07. The second kappa shape index (κ2) is 5.39. The van der Waals surface area contributed by atoms with Crippen LogP contribution in [0.5, 0.6) is 0 Å². The zero-order valence-corrected chi connectivity index (χ0v) is 11.8. The smallest absolute Gasteiger partial charge is 0.0152 e. The minimum Gasteiger partial charge on any atom is -0.0620 e. The third kappa shape index (κ3) is 2.64. The molecule has 0 aromatic heterocycles. The minimum absolute atomic E-state index is 0.581. The van der Waals surface area contributed by atoms with Crippen molar-refractivity contribution in [2.75, 3.05) is 0 Å². The van der Waals surface area contributed by atoms with Crippen molar-refractivity contribution < 1.29 is 0 Å². The van der Waals surface area contributed by atoms with Gasteiger partial charge in [-0.1, -0.05) is 68.8 Å². The summed E-state index contributed by atoms with van der Waals surface area (Å²) in [6.07, 6.45) is 1.08. The van der Waals surface area contributed by atoms with Gasteiger partial charge in [0.1, 0.15) is 0 Å². The van der Waals surface area contributed by atoms with E-state index in [-0.39, 0.29) is 0 Å². The van der Waals surface area contributed by atoms with Crippen LogP contribution >= 0.6 is 0 Å². The first-order valence-corrected chi connectivity index (χ1v) is 6.81. The van der Waals surface area contributed by atoms with E-state index in [1.807, 2.05) is 0 Å². The van der Waals surface area contributed by atoms with Gasteiger partial charge in [0.2, 0.25) is 0 Å². The van der Waals surface area contributed by atoms with Crippen molar-refractivity contribution in [2.24, 2.45) is 0 Å². The quantitative estimate of drug-likeness (QED) is 0.676. The van der Waals surface area contributed by atoms with Crippen LogP contribution in [-0.4, -0.2) is 0 Å². The first-order chi connectivity index (χ1) is 8.61. The van der Waals surface area contributed by atoms with Crippen molar-refractivity contribution in [2.45, 2.75) is 40.0 Å². The summed E-state index contributed by atoms with van der Waals surface area (Å²) in [5.41, 5.74) is 6.94. The van der Waals surface area contributed by atoms with Gasteiger partial charge in [0, 0.05) is 0 Å². The van der Waals surface area contributed by atoms with Crippen molar-refractivity contribution in [3.63, 3.8) is 0 Å². The molecular weight excluding hydrogens is 216 g/mol. The lowest BCUT2D eigenvalue weighted by Crippen LogP contribution is -1.92. The average molecular weight is 238 g/mol. The maximum Gasteiger partial charge on any atom is -0.0152 e. The van der Waals surface area contributed by atoms with Gasteiger partial charge < -0.3 is 0 Å². The number of benzene rings is 2. The molecule has 0 aliphatic rings. The van der Waals surface area contributed by atoms with E-state index in [1.54, 1.807) is 0 Å². The molecule has 2 rings (SSSR count). The Morgan fingerprint density at radius 2 is 1.72 bits per heavy atom. The average Bonchev–Trinajstić information content (AvgIpc) is 2.38. The van der Waals surface area contributed by atoms with E-state index in [4.69, 9.17) is 0 Å². The van der Waals surface area contributed by atoms with Crippen molar-refractivity contribution in [1.82, 2.24) is 0 Å². The molecule has 0 nitrogen and oxygen atoms in total. The Morgan fingerprint density at radius 1 is 1.00 bits per heavy atom. The molecule has 18 heavy (non-hydrogen) atoms. The van der Waals surface area contributed by atoms with E-state index in [1.165, 1.54) is 27.8 Å². The van der Waals surface area contributed by atoms with E-state index in [0.29, 0.717) is 5.92 Å². The Labute approximate surface area is 111 Å². The molecule has 2 aromatic carbocycles. The van der Waals surface area contributed by atoms with Crippen LogP contribution in [0.2, 0.25) is 0 Å². The Kier molecular flexibility index (Phi) is 3.86. The van der Waals surface area contributed by atoms with E-state index in [9.17, 15) is 0 Å². The normalized spacial score (nSPS) is 10.9. The lowest BCUT2D eigenvalue weighted by Gasteiger charge is -2.13. The first-order valence-electron chi connectivity index (χ1n) is 6.81. The van der Waals surface area contributed by atoms with Gasteiger partial charge in [-0.15, -0.1) is 0 Å². The molecule has 0 N–H and O–H groups in total. The molecule has 2 aromatic rings. The lowest BCUT2D eigenvalue weighted by molar-refractivity contribution is 0.865. The van der Waals surface area contributed by atoms with Crippen LogP contribution in [0.1, 0.15) is 43.4 Å². The van der Waals surface area contributed by atoms with Crippen LogP contribution in [0.15, 0.2) is 42.5 Å². The summed E-state index contributed by atoms with van der Waals surface area (Å²) in [6.45, 7) is 8.91. The van der Waals surface area contributed by atoms with Gasteiger partial charge in [-0.3, -0.25) is 0 Å². The molecule has 0 atom stereocenters. The van der Waals surface area contributed by atoms with Crippen LogP contribution < -0.4 is 0 Å². The molecule has 94 valence electrons. The third-order valence-corrected chi connectivity index (χ3v) is 3.48. The van der Waals surface area contributed by atoms with E-state index < -0.39 is 0 Å². The van der Waals surface area contributed by atoms with Crippen molar-refractivity contribution in [3.8, 4) is 11.1 Å². The summed E-state index contributed by atoms with van der Waals surface area (Å²) in [7, 11) is 0. The molecule has 0 fully saturated rings. The zero-order valence-electron chi connectivity index (χ0n) is 11.8. The minimum atomic E-state index is 0.581. The van der Waals surface area contributed by atoms with Gasteiger partial charge in [-0.05, 0) is 41.5 Å². The maximum atomic E-state index is 2.34. The first kappa shape index (κ1) is 12.9. The van der Waals surface area contributed by atoms with Crippen LogP contribution in [-0.2, 0) is 6.42 Å². The van der Waals surface area contributed by atoms with Gasteiger partial charge in [0.05, 0.1) is 0 Å². The monoisotopic (exact) mass is 238 g/mol. The van der Waals surface area contributed by atoms with Gasteiger partial charge in [0.15, 0.2) is 0 Å². The summed E-state index contributed by atoms with van der Waals surface area (Å²) in [4.78, 5) is 0. The van der Waals surface area contributed by atoms with Crippen LogP contribution in [0.4, 0.5) is 0 Å². The molecule has 0 saturated carbocycles. The zero-order chi connectivity index (χ0) is 13.1. The SMILES string of the molecule is CCc1ccccc1-c1cc(C)cc(C(C)C)c1. The predicted octanol–water partition coefficient (Wildman–Crippen LogP) is 5.35. The van der Waals surface area contributed by atoms with Gasteiger partial charge in [-0.25, -0.2) is 0 Å². The fourth-order valence-electron chi connectivity index (χ4n) is 2.41. The van der Waals surface area contributed by atoms with E-state index in [0.717, 1.165) is 6.42 Å². The number of aryl methyl sites for hydroxylation is 2. The number of rotatable bonds is 3. The molecule has 0 aliphatic heterocycles. The standard InChI is InChI=1S/C18H22/c1-5-15-8-6-7-9-18(15)17-11-14(4)10-16(12-17)13(2)3/h6-13H,5H2,1-4H3. The highest BCUT2D eigenvalue weighted by Crippen LogP contribution is 2.28. The summed E-state index contributed by atoms with van der Waals surface area (Å²) >= 11 is 0. The van der Waals surface area contributed by atoms with Gasteiger partial charge in [0.25, 0.3) is 0 Å². The fraction of sp³-hybridized carbons (Fsp3) is 0.333. The van der Waals surface area contributed by atoms with Crippen LogP contribution in [0.3, 0.4) is 0 Å². The molecule has 0 saturated heterocycles. The number of hydrogen-bond donors (Lipinski definition) is 0. The Balaban J connectivity index is 2.56. The Hall–Kier alpha value is -1.56. The van der Waals surface area contributed by atoms with Crippen molar-refractivity contribution in [1.29, 1.82) is 0 Å². The molecular formula is C18H22. The topological polar surface area (TPSA) is 0 Å². The molecule has 0 heteroatoms. The summed E-state index contributed by atoms with van der Waals surface area (Å²) in [5.74, 6) is 0.581. The maximum absolute atomic E-state index is 2.34. The Morgan fingerprint density at radius 3 is 2.39 bits per heavy atom. The summed E-state index contributed by atoms with van der Waals surface area (Å²) in [5, 5.41) is 0. The summed E-state index contributed by atoms with van der Waals surface area (Å²) < 4.78 is 0. The second-order valence-electron chi connectivity index (χ2n) is 5.30. The highest BCUT2D eigenvalue weighted by molar-refractivity contribution is 5.69. The van der Waals surface area contributed by atoms with E-state index in [2.05, 4.69) is 70.2 Å². The molecule has 0 heterocycles. The molecule has 0 bridgehead atoms. The largest absolute Gasteiger partial charge is 0.0620 e. The van der Waals surface area contributed by atoms with E-state index >= 15 is 0 Å². The molecule has 0 amide bonds.